The van der Waals surface area contributed by atoms with Gasteiger partial charge in [0.15, 0.2) is 0 Å². The van der Waals surface area contributed by atoms with Gasteiger partial charge in [0, 0.05) is 0 Å². The SMILES string of the molecule is c1ccc([S][Sb]([S]c2ccccc2)[S]c2ccccc2)cc1. The van der Waals surface area contributed by atoms with Crippen molar-refractivity contribution in [2.75, 3.05) is 0 Å². The Morgan fingerprint density at radius 2 is 0.682 bits per heavy atom. The molecule has 0 N–H and O–H groups in total. The van der Waals surface area contributed by atoms with Gasteiger partial charge in [-0.05, 0) is 0 Å². The fourth-order valence-electron chi connectivity index (χ4n) is 1.76. The second-order valence-corrected chi connectivity index (χ2v) is 24.4. The van der Waals surface area contributed by atoms with E-state index in [9.17, 15) is 0 Å². The summed E-state index contributed by atoms with van der Waals surface area (Å²) in [7, 11) is 6.26. The molecule has 0 saturated carbocycles. The van der Waals surface area contributed by atoms with Crippen LogP contribution in [-0.4, -0.2) is 16.0 Å². The van der Waals surface area contributed by atoms with Crippen LogP contribution in [0.4, 0.5) is 0 Å². The van der Waals surface area contributed by atoms with Gasteiger partial charge in [0.25, 0.3) is 0 Å². The summed E-state index contributed by atoms with van der Waals surface area (Å²) >= 11 is -1.66. The molecule has 0 saturated heterocycles. The van der Waals surface area contributed by atoms with Gasteiger partial charge < -0.3 is 0 Å². The summed E-state index contributed by atoms with van der Waals surface area (Å²) in [6.07, 6.45) is 0. The van der Waals surface area contributed by atoms with Gasteiger partial charge in [-0.1, -0.05) is 0 Å². The van der Waals surface area contributed by atoms with E-state index in [2.05, 4.69) is 118 Å². The zero-order valence-corrected chi connectivity index (χ0v) is 16.8. The quantitative estimate of drug-likeness (QED) is 0.403. The monoisotopic (exact) mass is 448 g/mol. The molecule has 22 heavy (non-hydrogen) atoms. The van der Waals surface area contributed by atoms with Crippen LogP contribution in [0.15, 0.2) is 106 Å². The molecule has 0 aromatic heterocycles. The number of hydrogen-bond donors (Lipinski definition) is 0. The molecule has 4 heteroatoms. The van der Waals surface area contributed by atoms with Gasteiger partial charge >= 0.3 is 148 Å². The zero-order chi connectivity index (χ0) is 15.0. The Morgan fingerprint density at radius 3 is 0.955 bits per heavy atom. The maximum absolute atomic E-state index is 2.22. The first-order chi connectivity index (χ1) is 10.9. The van der Waals surface area contributed by atoms with Crippen LogP contribution in [0.2, 0.25) is 0 Å². The Hall–Kier alpha value is -0.472. The minimum absolute atomic E-state index is 1.39. The third kappa shape index (κ3) is 5.31. The molecule has 0 fully saturated rings. The van der Waals surface area contributed by atoms with E-state index in [0.717, 1.165) is 0 Å². The molecule has 3 aromatic rings. The van der Waals surface area contributed by atoms with Crippen LogP contribution in [0.5, 0.6) is 0 Å². The van der Waals surface area contributed by atoms with Gasteiger partial charge in [-0.15, -0.1) is 0 Å². The van der Waals surface area contributed by atoms with Crippen LogP contribution >= 0.6 is 26.5 Å². The molecule has 0 amide bonds. The third-order valence-corrected chi connectivity index (χ3v) is 22.9. The van der Waals surface area contributed by atoms with Gasteiger partial charge in [0.05, 0.1) is 0 Å². The Labute approximate surface area is 147 Å². The molecule has 0 unspecified atom stereocenters. The van der Waals surface area contributed by atoms with E-state index in [1.807, 2.05) is 0 Å². The standard InChI is InChI=1S/3C6H6S.Sb/c3*7-6-4-2-1-3-5-6;/h3*1-5,7H;/q;;;+3/p-3. The van der Waals surface area contributed by atoms with Crippen molar-refractivity contribution in [1.29, 1.82) is 0 Å². The van der Waals surface area contributed by atoms with Crippen LogP contribution in [0, 0.1) is 0 Å². The summed E-state index contributed by atoms with van der Waals surface area (Å²) in [5, 5.41) is 0. The molecule has 0 nitrogen and oxygen atoms in total. The van der Waals surface area contributed by atoms with Gasteiger partial charge in [0.1, 0.15) is 0 Å². The number of rotatable bonds is 6. The van der Waals surface area contributed by atoms with Crippen LogP contribution in [0.1, 0.15) is 0 Å². The van der Waals surface area contributed by atoms with Crippen molar-refractivity contribution < 1.29 is 0 Å². The predicted octanol–water partition coefficient (Wildman–Crippen LogP) is 6.35. The average Bonchev–Trinajstić information content (AvgIpc) is 2.57. The molecule has 0 aliphatic rings. The number of benzene rings is 3. The first-order valence-corrected chi connectivity index (χ1v) is 18.6. The average molecular weight is 449 g/mol. The minimum atomic E-state index is -1.66. The molecule has 0 radical (unpaired) electrons. The second kappa shape index (κ2) is 8.98. The summed E-state index contributed by atoms with van der Waals surface area (Å²) < 4.78 is 0. The Kier molecular flexibility index (Phi) is 6.69. The molecule has 0 aliphatic heterocycles. The normalized spacial score (nSPS) is 10.8. The molecular weight excluding hydrogens is 434 g/mol. The van der Waals surface area contributed by atoms with Crippen molar-refractivity contribution in [3.05, 3.63) is 91.0 Å². The number of hydrogen-bond acceptors (Lipinski definition) is 3. The topological polar surface area (TPSA) is 0 Å². The molecule has 0 bridgehead atoms. The predicted molar refractivity (Wildman–Crippen MR) is 103 cm³/mol. The van der Waals surface area contributed by atoms with Crippen molar-refractivity contribution >= 4 is 42.6 Å². The molecule has 0 aliphatic carbocycles. The van der Waals surface area contributed by atoms with E-state index in [0.29, 0.717) is 0 Å². The van der Waals surface area contributed by atoms with Crippen molar-refractivity contribution in [3.63, 3.8) is 0 Å². The molecule has 0 atom stereocenters. The van der Waals surface area contributed by atoms with E-state index in [-0.39, 0.29) is 0 Å². The fourth-order valence-corrected chi connectivity index (χ4v) is 24.4. The van der Waals surface area contributed by atoms with Crippen LogP contribution < -0.4 is 0 Å². The van der Waals surface area contributed by atoms with E-state index in [1.54, 1.807) is 0 Å². The van der Waals surface area contributed by atoms with Crippen molar-refractivity contribution in [2.24, 2.45) is 0 Å². The van der Waals surface area contributed by atoms with E-state index < -0.39 is 16.0 Å². The van der Waals surface area contributed by atoms with Crippen molar-refractivity contribution in [1.82, 2.24) is 0 Å². The van der Waals surface area contributed by atoms with Gasteiger partial charge in [-0.3, -0.25) is 0 Å². The molecule has 110 valence electrons. The molecule has 3 aromatic carbocycles. The summed E-state index contributed by atoms with van der Waals surface area (Å²) in [5.41, 5.74) is 0. The second-order valence-electron chi connectivity index (χ2n) is 4.44. The van der Waals surface area contributed by atoms with E-state index in [1.165, 1.54) is 14.7 Å². The third-order valence-electron chi connectivity index (χ3n) is 2.77. The molecule has 3 rings (SSSR count). The van der Waals surface area contributed by atoms with E-state index in [4.69, 9.17) is 0 Å². The van der Waals surface area contributed by atoms with E-state index >= 15 is 0 Å². The van der Waals surface area contributed by atoms with Crippen LogP contribution in [0.25, 0.3) is 0 Å². The first-order valence-electron chi connectivity index (χ1n) is 6.89. The summed E-state index contributed by atoms with van der Waals surface area (Å²) in [5.74, 6) is 0. The summed E-state index contributed by atoms with van der Waals surface area (Å²) in [6.45, 7) is 0. The molecule has 0 spiro atoms. The van der Waals surface area contributed by atoms with Crippen molar-refractivity contribution in [2.45, 2.75) is 14.7 Å². The first kappa shape index (κ1) is 16.4. The zero-order valence-electron chi connectivity index (χ0n) is 11.8. The fraction of sp³-hybridized carbons (Fsp3) is 0. The summed E-state index contributed by atoms with van der Waals surface area (Å²) in [4.78, 5) is 4.16. The Morgan fingerprint density at radius 1 is 0.409 bits per heavy atom. The van der Waals surface area contributed by atoms with Crippen molar-refractivity contribution in [3.8, 4) is 0 Å². The summed E-state index contributed by atoms with van der Waals surface area (Å²) in [6, 6.07) is 32.3. The van der Waals surface area contributed by atoms with Gasteiger partial charge in [-0.25, -0.2) is 0 Å². The Bertz CT molecular complexity index is 576. The Balaban J connectivity index is 1.75. The van der Waals surface area contributed by atoms with Crippen LogP contribution in [-0.2, 0) is 0 Å². The van der Waals surface area contributed by atoms with Gasteiger partial charge in [-0.2, -0.15) is 0 Å². The molecular formula is C18H15S3Sb. The molecule has 0 heterocycles. The van der Waals surface area contributed by atoms with Gasteiger partial charge in [0.2, 0.25) is 0 Å². The maximum atomic E-state index is 2.22. The van der Waals surface area contributed by atoms with Crippen LogP contribution in [0.3, 0.4) is 0 Å².